The number of carbonyl (C=O) groups is 1. The van der Waals surface area contributed by atoms with Crippen molar-refractivity contribution in [2.75, 3.05) is 6.61 Å². The van der Waals surface area contributed by atoms with E-state index in [-0.39, 0.29) is 5.97 Å². The summed E-state index contributed by atoms with van der Waals surface area (Å²) in [4.78, 5) is 12.5. The Morgan fingerprint density at radius 2 is 1.73 bits per heavy atom. The van der Waals surface area contributed by atoms with Crippen LogP contribution in [0.25, 0.3) is 0 Å². The zero-order chi connectivity index (χ0) is 15.4. The first-order valence-corrected chi connectivity index (χ1v) is 8.59. The fraction of sp³-hybridized carbons (Fsp3) is 0.316. The third-order valence-electron chi connectivity index (χ3n) is 4.17. The highest BCUT2D eigenvalue weighted by atomic mass is 79.9. The third kappa shape index (κ3) is 3.77. The standard InChI is InChI=1S/C19H19BrO2/c20-18-12-17(13-18)15-8-6-14(7-9-15)10-11-22-19(21)16-4-2-1-3-5-16/h1-9,17-18H,10-13H2. The molecule has 2 aromatic rings. The van der Waals surface area contributed by atoms with Gasteiger partial charge in [-0.1, -0.05) is 58.4 Å². The SMILES string of the molecule is O=C(OCCc1ccc(C2CC(Br)C2)cc1)c1ccccc1. The van der Waals surface area contributed by atoms with Crippen molar-refractivity contribution in [1.82, 2.24) is 0 Å². The van der Waals surface area contributed by atoms with Gasteiger partial charge in [-0.3, -0.25) is 0 Å². The molecular formula is C19H19BrO2. The first-order chi connectivity index (χ1) is 10.7. The summed E-state index contributed by atoms with van der Waals surface area (Å²) in [6.45, 7) is 0.417. The number of halogens is 1. The van der Waals surface area contributed by atoms with Gasteiger partial charge in [-0.15, -0.1) is 0 Å². The summed E-state index contributed by atoms with van der Waals surface area (Å²) in [7, 11) is 0. The summed E-state index contributed by atoms with van der Waals surface area (Å²) in [5.74, 6) is 0.449. The minimum atomic E-state index is -0.255. The maximum atomic E-state index is 11.8. The fourth-order valence-corrected chi connectivity index (χ4v) is 3.60. The molecule has 1 saturated carbocycles. The van der Waals surface area contributed by atoms with Crippen LogP contribution in [0.15, 0.2) is 54.6 Å². The highest BCUT2D eigenvalue weighted by Gasteiger charge is 2.27. The minimum Gasteiger partial charge on any atom is -0.462 e. The molecule has 0 heterocycles. The molecule has 1 aliphatic rings. The second kappa shape index (κ2) is 7.10. The summed E-state index contributed by atoms with van der Waals surface area (Å²) in [6.07, 6.45) is 3.21. The monoisotopic (exact) mass is 358 g/mol. The summed E-state index contributed by atoms with van der Waals surface area (Å²) in [6, 6.07) is 17.8. The van der Waals surface area contributed by atoms with E-state index >= 15 is 0 Å². The van der Waals surface area contributed by atoms with Crippen LogP contribution >= 0.6 is 15.9 Å². The van der Waals surface area contributed by atoms with Crippen molar-refractivity contribution in [2.45, 2.75) is 30.0 Å². The predicted octanol–water partition coefficient (Wildman–Crippen LogP) is 4.73. The lowest BCUT2D eigenvalue weighted by atomic mass is 9.80. The van der Waals surface area contributed by atoms with E-state index in [0.29, 0.717) is 22.9 Å². The number of alkyl halides is 1. The molecule has 114 valence electrons. The van der Waals surface area contributed by atoms with Crippen LogP contribution < -0.4 is 0 Å². The largest absolute Gasteiger partial charge is 0.462 e. The van der Waals surface area contributed by atoms with Crippen molar-refractivity contribution in [1.29, 1.82) is 0 Å². The molecule has 0 amide bonds. The Hall–Kier alpha value is -1.61. The van der Waals surface area contributed by atoms with Crippen LogP contribution in [0.5, 0.6) is 0 Å². The molecule has 1 fully saturated rings. The van der Waals surface area contributed by atoms with Crippen LogP contribution in [0.4, 0.5) is 0 Å². The molecule has 2 aromatic carbocycles. The van der Waals surface area contributed by atoms with Gasteiger partial charge in [-0.25, -0.2) is 4.79 Å². The summed E-state index contributed by atoms with van der Waals surface area (Å²) in [5, 5.41) is 0. The summed E-state index contributed by atoms with van der Waals surface area (Å²) < 4.78 is 5.31. The molecular weight excluding hydrogens is 340 g/mol. The average Bonchev–Trinajstić information content (AvgIpc) is 2.53. The van der Waals surface area contributed by atoms with Gasteiger partial charge in [-0.2, -0.15) is 0 Å². The molecule has 0 spiro atoms. The van der Waals surface area contributed by atoms with Crippen LogP contribution in [0.1, 0.15) is 40.2 Å². The quantitative estimate of drug-likeness (QED) is 0.570. The zero-order valence-electron chi connectivity index (χ0n) is 12.4. The molecule has 2 nitrogen and oxygen atoms in total. The Bertz CT molecular complexity index is 616. The molecule has 0 unspecified atom stereocenters. The minimum absolute atomic E-state index is 0.255. The number of esters is 1. The van der Waals surface area contributed by atoms with Gasteiger partial charge >= 0.3 is 5.97 Å². The van der Waals surface area contributed by atoms with Crippen molar-refractivity contribution < 1.29 is 9.53 Å². The number of benzene rings is 2. The van der Waals surface area contributed by atoms with Crippen LogP contribution in [0.2, 0.25) is 0 Å². The normalized spacial score (nSPS) is 20.2. The lowest BCUT2D eigenvalue weighted by Gasteiger charge is -2.31. The molecule has 3 rings (SSSR count). The molecule has 0 aromatic heterocycles. The van der Waals surface area contributed by atoms with Crippen molar-refractivity contribution in [3.8, 4) is 0 Å². The number of hydrogen-bond acceptors (Lipinski definition) is 2. The zero-order valence-corrected chi connectivity index (χ0v) is 14.0. The lowest BCUT2D eigenvalue weighted by molar-refractivity contribution is 0.0509. The number of carbonyl (C=O) groups excluding carboxylic acids is 1. The van der Waals surface area contributed by atoms with Crippen molar-refractivity contribution in [3.63, 3.8) is 0 Å². The Morgan fingerprint density at radius 3 is 2.36 bits per heavy atom. The third-order valence-corrected chi connectivity index (χ3v) is 4.91. The smallest absolute Gasteiger partial charge is 0.338 e. The van der Waals surface area contributed by atoms with Gasteiger partial charge in [0.05, 0.1) is 12.2 Å². The molecule has 22 heavy (non-hydrogen) atoms. The number of rotatable bonds is 5. The average molecular weight is 359 g/mol. The van der Waals surface area contributed by atoms with Crippen LogP contribution in [0, 0.1) is 0 Å². The lowest BCUT2D eigenvalue weighted by Crippen LogP contribution is -2.21. The van der Waals surface area contributed by atoms with E-state index in [1.54, 1.807) is 12.1 Å². The Kier molecular flexibility index (Phi) is 4.94. The Morgan fingerprint density at radius 1 is 1.05 bits per heavy atom. The molecule has 0 aliphatic heterocycles. The van der Waals surface area contributed by atoms with Crippen LogP contribution in [0.3, 0.4) is 0 Å². The van der Waals surface area contributed by atoms with Gasteiger partial charge in [-0.05, 0) is 42.0 Å². The molecule has 0 bridgehead atoms. The predicted molar refractivity (Wildman–Crippen MR) is 91.6 cm³/mol. The second-order valence-electron chi connectivity index (χ2n) is 5.76. The molecule has 3 heteroatoms. The van der Waals surface area contributed by atoms with Gasteiger partial charge < -0.3 is 4.74 Å². The Labute approximate surface area is 139 Å². The van der Waals surface area contributed by atoms with Crippen molar-refractivity contribution in [2.24, 2.45) is 0 Å². The first-order valence-electron chi connectivity index (χ1n) is 7.67. The van der Waals surface area contributed by atoms with Gasteiger partial charge in [0.1, 0.15) is 0 Å². The summed E-state index contributed by atoms with van der Waals surface area (Å²) >= 11 is 3.63. The maximum absolute atomic E-state index is 11.8. The summed E-state index contributed by atoms with van der Waals surface area (Å²) in [5.41, 5.74) is 3.23. The van der Waals surface area contributed by atoms with E-state index in [2.05, 4.69) is 40.2 Å². The van der Waals surface area contributed by atoms with Crippen molar-refractivity contribution in [3.05, 3.63) is 71.3 Å². The number of ether oxygens (including phenoxy) is 1. The van der Waals surface area contributed by atoms with Crippen LogP contribution in [-0.4, -0.2) is 17.4 Å². The van der Waals surface area contributed by atoms with Crippen molar-refractivity contribution >= 4 is 21.9 Å². The topological polar surface area (TPSA) is 26.3 Å². The van der Waals surface area contributed by atoms with Gasteiger partial charge in [0, 0.05) is 11.2 Å². The molecule has 0 atom stereocenters. The first kappa shape index (κ1) is 15.3. The molecule has 0 N–H and O–H groups in total. The van der Waals surface area contributed by atoms with E-state index in [9.17, 15) is 4.79 Å². The Balaban J connectivity index is 1.46. The highest BCUT2D eigenvalue weighted by Crippen LogP contribution is 2.40. The second-order valence-corrected chi connectivity index (χ2v) is 7.05. The van der Waals surface area contributed by atoms with Gasteiger partial charge in [0.2, 0.25) is 0 Å². The van der Waals surface area contributed by atoms with Crippen LogP contribution in [-0.2, 0) is 11.2 Å². The number of hydrogen-bond donors (Lipinski definition) is 0. The van der Waals surface area contributed by atoms with E-state index < -0.39 is 0 Å². The maximum Gasteiger partial charge on any atom is 0.338 e. The van der Waals surface area contributed by atoms with E-state index in [1.807, 2.05) is 18.2 Å². The highest BCUT2D eigenvalue weighted by molar-refractivity contribution is 9.09. The van der Waals surface area contributed by atoms with E-state index in [0.717, 1.165) is 6.42 Å². The van der Waals surface area contributed by atoms with E-state index in [4.69, 9.17) is 4.74 Å². The fourth-order valence-electron chi connectivity index (χ4n) is 2.70. The molecule has 0 radical (unpaired) electrons. The van der Waals surface area contributed by atoms with Gasteiger partial charge in [0.25, 0.3) is 0 Å². The van der Waals surface area contributed by atoms with Gasteiger partial charge in [0.15, 0.2) is 0 Å². The molecule has 0 saturated heterocycles. The van der Waals surface area contributed by atoms with E-state index in [1.165, 1.54) is 24.0 Å². The molecule has 1 aliphatic carbocycles.